The first-order valence-electron chi connectivity index (χ1n) is 22.9. The molecule has 3 saturated heterocycles. The number of benzene rings is 3. The summed E-state index contributed by atoms with van der Waals surface area (Å²) >= 11 is 0. The molecule has 5 aromatic rings. The Hall–Kier alpha value is -5.75. The number of carbonyl (C=O) groups excluding carboxylic acids is 1. The van der Waals surface area contributed by atoms with Crippen molar-refractivity contribution < 1.29 is 37.1 Å². The van der Waals surface area contributed by atoms with E-state index in [-0.39, 0.29) is 29.4 Å². The Kier molecular flexibility index (Phi) is 10.9. The van der Waals surface area contributed by atoms with Crippen LogP contribution in [0.2, 0.25) is 0 Å². The van der Waals surface area contributed by atoms with E-state index in [4.69, 9.17) is 18.9 Å². The van der Waals surface area contributed by atoms with Crippen molar-refractivity contribution in [2.24, 2.45) is 5.41 Å². The molecule has 1 amide bonds. The molecule has 5 fully saturated rings. The molecule has 0 unspecified atom stereocenters. The van der Waals surface area contributed by atoms with Gasteiger partial charge in [0.2, 0.25) is 5.75 Å². The number of sulfonamides is 1. The average Bonchev–Trinajstić information content (AvgIpc) is 3.85. The maximum Gasteiger partial charge on any atom is 0.316 e. The monoisotopic (exact) mass is 903 g/mol. The Balaban J connectivity index is 0.799. The summed E-state index contributed by atoms with van der Waals surface area (Å²) in [5.74, 6) is 0.0196. The van der Waals surface area contributed by atoms with E-state index in [1.165, 1.54) is 51.3 Å². The zero-order valence-electron chi connectivity index (χ0n) is 36.2. The zero-order chi connectivity index (χ0) is 44.3. The average molecular weight is 904 g/mol. The fraction of sp³-hybridized carbons (Fsp3) is 0.458. The topological polar surface area (TPSA) is 182 Å². The van der Waals surface area contributed by atoms with Crippen molar-refractivity contribution >= 4 is 38.3 Å². The Morgan fingerprint density at radius 3 is 2.55 bits per heavy atom. The van der Waals surface area contributed by atoms with E-state index in [9.17, 15) is 23.3 Å². The minimum Gasteiger partial charge on any atom is -0.485 e. The Morgan fingerprint density at radius 2 is 1.77 bits per heavy atom. The highest BCUT2D eigenvalue weighted by Gasteiger charge is 2.50. The summed E-state index contributed by atoms with van der Waals surface area (Å²) in [7, 11) is -4.67. The summed E-state index contributed by atoms with van der Waals surface area (Å²) in [6.07, 6.45) is 12.4. The van der Waals surface area contributed by atoms with Gasteiger partial charge in [0.05, 0.1) is 34.8 Å². The molecule has 0 radical (unpaired) electrons. The lowest BCUT2D eigenvalue weighted by atomic mass is 9.59. The van der Waals surface area contributed by atoms with E-state index >= 15 is 0 Å². The van der Waals surface area contributed by atoms with Gasteiger partial charge in [-0.3, -0.25) is 24.7 Å². The van der Waals surface area contributed by atoms with Crippen molar-refractivity contribution in [3.8, 4) is 23.0 Å². The van der Waals surface area contributed by atoms with Gasteiger partial charge < -0.3 is 28.8 Å². The number of amides is 1. The molecule has 2 atom stereocenters. The fourth-order valence-electron chi connectivity index (χ4n) is 10.9. The van der Waals surface area contributed by atoms with Gasteiger partial charge in [0, 0.05) is 80.3 Å². The zero-order valence-corrected chi connectivity index (χ0v) is 37.0. The highest BCUT2D eigenvalue weighted by Crippen LogP contribution is 2.55. The number of piperidine rings is 1. The number of anilines is 1. The van der Waals surface area contributed by atoms with E-state index in [1.54, 1.807) is 35.5 Å². The van der Waals surface area contributed by atoms with Crippen molar-refractivity contribution in [2.75, 3.05) is 64.0 Å². The first-order chi connectivity index (χ1) is 31.6. The van der Waals surface area contributed by atoms with Crippen LogP contribution < -0.4 is 23.8 Å². The number of hydrogen-bond acceptors (Lipinski definition) is 13. The van der Waals surface area contributed by atoms with Crippen molar-refractivity contribution in [3.63, 3.8) is 0 Å². The number of nitrogens with zero attached hydrogens (tertiary/aromatic N) is 5. The van der Waals surface area contributed by atoms with E-state index in [0.29, 0.717) is 61.7 Å². The predicted octanol–water partition coefficient (Wildman–Crippen LogP) is 7.32. The number of H-pyrrole nitrogens is 1. The third-order valence-electron chi connectivity index (χ3n) is 14.5. The maximum absolute atomic E-state index is 14.1. The minimum atomic E-state index is -4.67. The molecule has 17 heteroatoms. The van der Waals surface area contributed by atoms with Crippen molar-refractivity contribution in [1.29, 1.82) is 0 Å². The third-order valence-corrected chi connectivity index (χ3v) is 15.8. The number of rotatable bonds is 12. The number of nitrogens with one attached hydrogen (secondary N) is 2. The molecule has 340 valence electrons. The first kappa shape index (κ1) is 41.9. The highest BCUT2D eigenvalue weighted by atomic mass is 32.2. The van der Waals surface area contributed by atoms with Gasteiger partial charge in [-0.1, -0.05) is 24.3 Å². The number of morpholine rings is 1. The van der Waals surface area contributed by atoms with E-state index in [2.05, 4.69) is 53.7 Å². The van der Waals surface area contributed by atoms with E-state index in [0.717, 1.165) is 55.1 Å². The smallest absolute Gasteiger partial charge is 0.316 e. The van der Waals surface area contributed by atoms with Crippen LogP contribution in [0.5, 0.6) is 23.0 Å². The third kappa shape index (κ3) is 8.39. The number of hydrogen-bond donors (Lipinski definition) is 2. The summed E-state index contributed by atoms with van der Waals surface area (Å²) in [5.41, 5.74) is 4.33. The maximum atomic E-state index is 14.1. The number of carbonyl (C=O) groups is 1. The summed E-state index contributed by atoms with van der Waals surface area (Å²) in [4.78, 5) is 39.9. The lowest BCUT2D eigenvalue weighted by Crippen LogP contribution is -2.54. The first-order valence-corrected chi connectivity index (χ1v) is 24.4. The van der Waals surface area contributed by atoms with Crippen LogP contribution in [0.15, 0.2) is 84.0 Å². The molecule has 2 aromatic heterocycles. The number of aromatic amines is 1. The molecule has 2 N–H and O–H groups in total. The second-order valence-corrected chi connectivity index (χ2v) is 20.3. The molecule has 11 rings (SSSR count). The van der Waals surface area contributed by atoms with Gasteiger partial charge in [-0.25, -0.2) is 18.1 Å². The van der Waals surface area contributed by atoms with Gasteiger partial charge >= 0.3 is 5.69 Å². The Labute approximate surface area is 377 Å². The van der Waals surface area contributed by atoms with Gasteiger partial charge in [0.25, 0.3) is 15.9 Å². The molecule has 6 aliphatic rings. The Morgan fingerprint density at radius 1 is 0.969 bits per heavy atom. The van der Waals surface area contributed by atoms with Crippen LogP contribution in [-0.4, -0.2) is 110 Å². The molecule has 65 heavy (non-hydrogen) atoms. The van der Waals surface area contributed by atoms with Gasteiger partial charge in [0.1, 0.15) is 29.9 Å². The number of likely N-dealkylation sites (tertiary alicyclic amines) is 1. The Bertz CT molecular complexity index is 2740. The van der Waals surface area contributed by atoms with Crippen LogP contribution in [0.3, 0.4) is 0 Å². The van der Waals surface area contributed by atoms with Gasteiger partial charge in [-0.15, -0.1) is 0 Å². The van der Waals surface area contributed by atoms with Crippen molar-refractivity contribution in [1.82, 2.24) is 24.5 Å². The second kappa shape index (κ2) is 16.9. The number of aromatic nitrogens is 2. The largest absolute Gasteiger partial charge is 0.485 e. The molecular weight excluding hydrogens is 851 g/mol. The summed E-state index contributed by atoms with van der Waals surface area (Å²) in [5, 5.41) is 13.1. The molecule has 6 heterocycles. The van der Waals surface area contributed by atoms with Crippen LogP contribution >= 0.6 is 0 Å². The van der Waals surface area contributed by atoms with Crippen LogP contribution in [0.25, 0.3) is 11.0 Å². The molecule has 4 aliphatic heterocycles. The standard InChI is InChI=1S/C48H53N7O9S/c56-47(51-65(59,60)37-24-42(55(57)58)45-44(25-37)62-30-36(64-45)29-52-18-20-61-21-19-52)40-10-9-33(23-43(40)63-35-22-32-11-14-49-46(32)50-28-35)53-16-12-48(13-17-53)26-34(27-48)54-15-3-6-41(54)39-5-2-1-4-38(39)31-7-8-31/h1-2,4-5,9-11,14,22-25,28,31,34,36,41H,3,6-8,12-13,15-21,26-27,29-30H2,(H,49,50)(H,51,56)/t36-,41-/m0/s1. The van der Waals surface area contributed by atoms with Crippen LogP contribution in [0.1, 0.15) is 84.8 Å². The van der Waals surface area contributed by atoms with E-state index < -0.39 is 37.5 Å². The van der Waals surface area contributed by atoms with Gasteiger partial charge in [-0.2, -0.15) is 0 Å². The number of ether oxygens (including phenoxy) is 4. The molecule has 0 bridgehead atoms. The van der Waals surface area contributed by atoms with Gasteiger partial charge in [0.15, 0.2) is 5.75 Å². The quantitative estimate of drug-likeness (QED) is 0.0940. The normalized spacial score (nSPS) is 22.5. The number of fused-ring (bicyclic) bond motifs is 2. The van der Waals surface area contributed by atoms with Crippen LogP contribution in [-0.2, 0) is 14.8 Å². The molecular formula is C48H53N7O9S. The number of nitro benzene ring substituents is 1. The molecule has 2 aliphatic carbocycles. The lowest BCUT2D eigenvalue weighted by Gasteiger charge is -2.56. The fourth-order valence-corrected chi connectivity index (χ4v) is 11.9. The van der Waals surface area contributed by atoms with Crippen molar-refractivity contribution in [2.45, 2.75) is 80.4 Å². The summed E-state index contributed by atoms with van der Waals surface area (Å²) < 4.78 is 53.6. The van der Waals surface area contributed by atoms with Crippen molar-refractivity contribution in [3.05, 3.63) is 106 Å². The predicted molar refractivity (Wildman–Crippen MR) is 242 cm³/mol. The van der Waals surface area contributed by atoms with Crippen LogP contribution in [0.4, 0.5) is 11.4 Å². The number of pyridine rings is 1. The summed E-state index contributed by atoms with van der Waals surface area (Å²) in [6.45, 7) is 5.90. The molecule has 2 saturated carbocycles. The van der Waals surface area contributed by atoms with Gasteiger partial charge in [-0.05, 0) is 105 Å². The molecule has 16 nitrogen and oxygen atoms in total. The molecule has 1 spiro atoms. The molecule has 3 aromatic carbocycles. The number of nitro groups is 1. The van der Waals surface area contributed by atoms with E-state index in [1.807, 2.05) is 12.1 Å². The minimum absolute atomic E-state index is 0.0387. The van der Waals surface area contributed by atoms with Crippen LogP contribution in [0, 0.1) is 15.5 Å². The highest BCUT2D eigenvalue weighted by molar-refractivity contribution is 7.90. The summed E-state index contributed by atoms with van der Waals surface area (Å²) in [6, 6.07) is 21.1. The second-order valence-electron chi connectivity index (χ2n) is 18.6. The lowest BCUT2D eigenvalue weighted by molar-refractivity contribution is -0.386. The SMILES string of the molecule is O=C(NS(=O)(=O)c1cc2c(c([N+](=O)[O-])c1)O[C@@H](CN1CCOCC1)CO2)c1ccc(N2CCC3(CC2)CC(N2CCC[C@H]2c2ccccc2C2CC2)C3)cc1Oc1cnc2[nH]ccc2c1.